The second kappa shape index (κ2) is 4.85. The molecule has 3 rings (SSSR count). The standard InChI is InChI=1S/C16H17BrN2O/c1-16(2,3)15-18-12(9-13(17)19-15)11-6-4-5-10-7-8-20-14(10)11/h4-6,9H,7-8H2,1-3H3. The molecule has 1 aromatic carbocycles. The molecule has 0 N–H and O–H groups in total. The van der Waals surface area contributed by atoms with Gasteiger partial charge in [0.05, 0.1) is 12.3 Å². The summed E-state index contributed by atoms with van der Waals surface area (Å²) in [5, 5.41) is 0. The van der Waals surface area contributed by atoms with Gasteiger partial charge in [0.2, 0.25) is 0 Å². The summed E-state index contributed by atoms with van der Waals surface area (Å²) in [5.41, 5.74) is 3.14. The smallest absolute Gasteiger partial charge is 0.135 e. The van der Waals surface area contributed by atoms with Crippen molar-refractivity contribution in [3.05, 3.63) is 40.3 Å². The summed E-state index contributed by atoms with van der Waals surface area (Å²) in [6.45, 7) is 7.10. The minimum atomic E-state index is -0.0860. The molecule has 0 saturated heterocycles. The van der Waals surface area contributed by atoms with Crippen molar-refractivity contribution in [3.8, 4) is 17.0 Å². The second-order valence-electron chi connectivity index (χ2n) is 6.04. The van der Waals surface area contributed by atoms with E-state index >= 15 is 0 Å². The zero-order chi connectivity index (χ0) is 14.3. The predicted molar refractivity (Wildman–Crippen MR) is 83.1 cm³/mol. The molecule has 20 heavy (non-hydrogen) atoms. The molecule has 3 nitrogen and oxygen atoms in total. The summed E-state index contributed by atoms with van der Waals surface area (Å²) < 4.78 is 6.58. The van der Waals surface area contributed by atoms with Crippen molar-refractivity contribution >= 4 is 15.9 Å². The van der Waals surface area contributed by atoms with E-state index in [9.17, 15) is 0 Å². The molecule has 0 aliphatic carbocycles. The Labute approximate surface area is 127 Å². The van der Waals surface area contributed by atoms with Crippen LogP contribution in [0.2, 0.25) is 0 Å². The molecule has 2 heterocycles. The number of aromatic nitrogens is 2. The fraction of sp³-hybridized carbons (Fsp3) is 0.375. The lowest BCUT2D eigenvalue weighted by molar-refractivity contribution is 0.358. The highest BCUT2D eigenvalue weighted by molar-refractivity contribution is 9.10. The molecule has 0 bridgehead atoms. The molecule has 4 heteroatoms. The van der Waals surface area contributed by atoms with Crippen molar-refractivity contribution in [2.45, 2.75) is 32.6 Å². The van der Waals surface area contributed by atoms with Crippen LogP contribution in [-0.2, 0) is 11.8 Å². The maximum Gasteiger partial charge on any atom is 0.135 e. The van der Waals surface area contributed by atoms with Gasteiger partial charge in [-0.15, -0.1) is 0 Å². The van der Waals surface area contributed by atoms with Crippen LogP contribution in [0.15, 0.2) is 28.9 Å². The van der Waals surface area contributed by atoms with Crippen LogP contribution in [0.25, 0.3) is 11.3 Å². The minimum Gasteiger partial charge on any atom is -0.492 e. The molecule has 1 aliphatic rings. The van der Waals surface area contributed by atoms with Crippen LogP contribution in [-0.4, -0.2) is 16.6 Å². The van der Waals surface area contributed by atoms with Crippen molar-refractivity contribution in [3.63, 3.8) is 0 Å². The quantitative estimate of drug-likeness (QED) is 0.736. The van der Waals surface area contributed by atoms with E-state index in [-0.39, 0.29) is 5.41 Å². The molecule has 0 spiro atoms. The summed E-state index contributed by atoms with van der Waals surface area (Å²) >= 11 is 3.49. The lowest BCUT2D eigenvalue weighted by Gasteiger charge is -2.18. The zero-order valence-corrected chi connectivity index (χ0v) is 13.5. The van der Waals surface area contributed by atoms with Crippen molar-refractivity contribution < 1.29 is 4.74 Å². The lowest BCUT2D eigenvalue weighted by Crippen LogP contribution is -2.16. The minimum absolute atomic E-state index is 0.0860. The summed E-state index contributed by atoms with van der Waals surface area (Å²) in [4.78, 5) is 9.22. The number of para-hydroxylation sites is 1. The van der Waals surface area contributed by atoms with Crippen LogP contribution in [0.1, 0.15) is 32.2 Å². The molecule has 1 aromatic heterocycles. The maximum absolute atomic E-state index is 5.77. The van der Waals surface area contributed by atoms with Gasteiger partial charge in [0.15, 0.2) is 0 Å². The van der Waals surface area contributed by atoms with Gasteiger partial charge in [-0.05, 0) is 33.6 Å². The Morgan fingerprint density at radius 1 is 1.20 bits per heavy atom. The summed E-state index contributed by atoms with van der Waals surface area (Å²) in [5.74, 6) is 1.80. The number of halogens is 1. The number of ether oxygens (including phenoxy) is 1. The molecular weight excluding hydrogens is 316 g/mol. The SMILES string of the molecule is CC(C)(C)c1nc(Br)cc(-c2cccc3c2OCC3)n1. The zero-order valence-electron chi connectivity index (χ0n) is 11.9. The fourth-order valence-electron chi connectivity index (χ4n) is 2.31. The maximum atomic E-state index is 5.77. The number of fused-ring (bicyclic) bond motifs is 1. The van der Waals surface area contributed by atoms with Gasteiger partial charge < -0.3 is 4.74 Å². The van der Waals surface area contributed by atoms with Gasteiger partial charge in [-0.3, -0.25) is 0 Å². The Morgan fingerprint density at radius 2 is 2.00 bits per heavy atom. The molecule has 2 aromatic rings. The van der Waals surface area contributed by atoms with E-state index in [1.165, 1.54) is 5.56 Å². The van der Waals surface area contributed by atoms with Gasteiger partial charge >= 0.3 is 0 Å². The third-order valence-corrected chi connectivity index (χ3v) is 3.76. The summed E-state index contributed by atoms with van der Waals surface area (Å²) in [7, 11) is 0. The first-order valence-corrected chi connectivity index (χ1v) is 7.54. The third kappa shape index (κ3) is 2.44. The van der Waals surface area contributed by atoms with E-state index in [0.29, 0.717) is 0 Å². The first-order chi connectivity index (χ1) is 9.45. The summed E-state index contributed by atoms with van der Waals surface area (Å²) in [6, 6.07) is 8.19. The Balaban J connectivity index is 2.16. The molecular formula is C16H17BrN2O. The lowest BCUT2D eigenvalue weighted by atomic mass is 9.95. The largest absolute Gasteiger partial charge is 0.492 e. The van der Waals surface area contributed by atoms with E-state index in [1.807, 2.05) is 6.07 Å². The normalized spacial score (nSPS) is 14.0. The third-order valence-electron chi connectivity index (χ3n) is 3.36. The average Bonchev–Trinajstić information content (AvgIpc) is 2.84. The second-order valence-corrected chi connectivity index (χ2v) is 6.85. The van der Waals surface area contributed by atoms with E-state index in [0.717, 1.165) is 40.5 Å². The van der Waals surface area contributed by atoms with Crippen molar-refractivity contribution in [2.24, 2.45) is 0 Å². The molecule has 0 amide bonds. The monoisotopic (exact) mass is 332 g/mol. The van der Waals surface area contributed by atoms with Crippen LogP contribution in [0, 0.1) is 0 Å². The molecule has 0 unspecified atom stereocenters. The number of hydrogen-bond donors (Lipinski definition) is 0. The van der Waals surface area contributed by atoms with Crippen molar-refractivity contribution in [1.29, 1.82) is 0 Å². The summed E-state index contributed by atoms with van der Waals surface area (Å²) in [6.07, 6.45) is 0.974. The van der Waals surface area contributed by atoms with Gasteiger partial charge in [-0.2, -0.15) is 0 Å². The Morgan fingerprint density at radius 3 is 2.75 bits per heavy atom. The van der Waals surface area contributed by atoms with Gasteiger partial charge in [-0.1, -0.05) is 32.9 Å². The average molecular weight is 333 g/mol. The van der Waals surface area contributed by atoms with E-state index in [1.54, 1.807) is 0 Å². The highest BCUT2D eigenvalue weighted by Gasteiger charge is 2.22. The highest BCUT2D eigenvalue weighted by Crippen LogP contribution is 2.37. The Bertz CT molecular complexity index is 662. The van der Waals surface area contributed by atoms with Crippen molar-refractivity contribution in [1.82, 2.24) is 9.97 Å². The van der Waals surface area contributed by atoms with Crippen LogP contribution >= 0.6 is 15.9 Å². The molecule has 1 aliphatic heterocycles. The molecule has 0 atom stereocenters. The molecule has 104 valence electrons. The van der Waals surface area contributed by atoms with Gasteiger partial charge in [0.25, 0.3) is 0 Å². The van der Waals surface area contributed by atoms with Crippen LogP contribution < -0.4 is 4.74 Å². The number of nitrogens with zero attached hydrogens (tertiary/aromatic N) is 2. The van der Waals surface area contributed by atoms with Crippen LogP contribution in [0.3, 0.4) is 0 Å². The number of rotatable bonds is 1. The van der Waals surface area contributed by atoms with E-state index in [2.05, 4.69) is 59.9 Å². The van der Waals surface area contributed by atoms with E-state index < -0.39 is 0 Å². The number of benzene rings is 1. The van der Waals surface area contributed by atoms with Gasteiger partial charge in [0, 0.05) is 17.4 Å². The fourth-order valence-corrected chi connectivity index (χ4v) is 2.69. The van der Waals surface area contributed by atoms with Crippen LogP contribution in [0.5, 0.6) is 5.75 Å². The first kappa shape index (κ1) is 13.6. The van der Waals surface area contributed by atoms with Gasteiger partial charge in [-0.25, -0.2) is 9.97 Å². The molecule has 0 fully saturated rings. The topological polar surface area (TPSA) is 35.0 Å². The number of hydrogen-bond acceptors (Lipinski definition) is 3. The van der Waals surface area contributed by atoms with Crippen molar-refractivity contribution in [2.75, 3.05) is 6.61 Å². The van der Waals surface area contributed by atoms with E-state index in [4.69, 9.17) is 9.72 Å². The predicted octanol–water partition coefficient (Wildman–Crippen LogP) is 4.14. The molecule has 0 radical (unpaired) electrons. The highest BCUT2D eigenvalue weighted by atomic mass is 79.9. The Hall–Kier alpha value is -1.42. The van der Waals surface area contributed by atoms with Crippen LogP contribution in [0.4, 0.5) is 0 Å². The molecule has 0 saturated carbocycles. The first-order valence-electron chi connectivity index (χ1n) is 6.75. The Kier molecular flexibility index (Phi) is 3.28. The van der Waals surface area contributed by atoms with Gasteiger partial charge in [0.1, 0.15) is 16.2 Å².